The fourth-order valence-electron chi connectivity index (χ4n) is 3.52. The third-order valence-electron chi connectivity index (χ3n) is 5.21. The van der Waals surface area contributed by atoms with E-state index in [1.165, 1.54) is 6.07 Å². The lowest BCUT2D eigenvalue weighted by atomic mass is 9.85. The summed E-state index contributed by atoms with van der Waals surface area (Å²) in [6.07, 6.45) is 0.443. The zero-order valence-electron chi connectivity index (χ0n) is 17.7. The second kappa shape index (κ2) is 10.7. The van der Waals surface area contributed by atoms with E-state index in [2.05, 4.69) is 35.9 Å². The monoisotopic (exact) mass is 524 g/mol. The predicted octanol–water partition coefficient (Wildman–Crippen LogP) is 4.40. The number of para-hydroxylation sites is 1. The smallest absolute Gasteiger partial charge is 0.225 e. The number of fused-ring (bicyclic) bond motifs is 1. The molecule has 7 heteroatoms. The number of carbonyl (C=O) groups is 1. The molecule has 30 heavy (non-hydrogen) atoms. The van der Waals surface area contributed by atoms with Gasteiger partial charge in [-0.15, -0.1) is 24.0 Å². The maximum absolute atomic E-state index is 13.6. The molecule has 162 valence electrons. The third-order valence-corrected chi connectivity index (χ3v) is 5.21. The van der Waals surface area contributed by atoms with E-state index in [9.17, 15) is 9.18 Å². The Labute approximate surface area is 195 Å². The lowest BCUT2D eigenvalue weighted by Gasteiger charge is -2.27. The van der Waals surface area contributed by atoms with Crippen LogP contribution in [0.25, 0.3) is 0 Å². The van der Waals surface area contributed by atoms with Gasteiger partial charge in [-0.1, -0.05) is 44.2 Å². The van der Waals surface area contributed by atoms with Crippen LogP contribution in [0, 0.1) is 5.82 Å². The maximum Gasteiger partial charge on any atom is 0.225 e. The lowest BCUT2D eigenvalue weighted by molar-refractivity contribution is -0.116. The summed E-state index contributed by atoms with van der Waals surface area (Å²) in [5.74, 6) is 0.573. The molecule has 1 unspecified atom stereocenters. The number of nitrogens with zero attached hydrogens (tertiary/aromatic N) is 1. The van der Waals surface area contributed by atoms with Crippen LogP contribution in [0.3, 0.4) is 0 Å². The van der Waals surface area contributed by atoms with Gasteiger partial charge in [0.1, 0.15) is 5.82 Å². The van der Waals surface area contributed by atoms with Gasteiger partial charge in [0.2, 0.25) is 5.91 Å². The second-order valence-corrected chi connectivity index (χ2v) is 8.01. The number of carbonyl (C=O) groups excluding carboxylic acids is 1. The number of aliphatic imine (C=N–C) groups is 1. The molecule has 0 fully saturated rings. The molecule has 1 heterocycles. The van der Waals surface area contributed by atoms with Crippen molar-refractivity contribution in [2.75, 3.05) is 25.0 Å². The molecule has 0 bridgehead atoms. The van der Waals surface area contributed by atoms with Crippen LogP contribution in [0.5, 0.6) is 0 Å². The van der Waals surface area contributed by atoms with Gasteiger partial charge in [0, 0.05) is 36.5 Å². The van der Waals surface area contributed by atoms with Crippen molar-refractivity contribution < 1.29 is 9.18 Å². The van der Waals surface area contributed by atoms with Gasteiger partial charge in [0.05, 0.1) is 6.54 Å². The summed E-state index contributed by atoms with van der Waals surface area (Å²) >= 11 is 0. The highest BCUT2D eigenvalue weighted by atomic mass is 127. The highest BCUT2D eigenvalue weighted by Gasteiger charge is 2.25. The molecular formula is C23H30FIN4O. The number of benzene rings is 2. The van der Waals surface area contributed by atoms with E-state index in [1.54, 1.807) is 12.1 Å². The SMILES string of the molecule is CCNC(=NCC(C)(C)c1cccc(F)c1)NCC1CC(=O)Nc2ccccc21.I. The first-order valence-corrected chi connectivity index (χ1v) is 10.1. The van der Waals surface area contributed by atoms with Gasteiger partial charge >= 0.3 is 0 Å². The highest BCUT2D eigenvalue weighted by molar-refractivity contribution is 14.0. The molecule has 0 spiro atoms. The average Bonchev–Trinajstić information content (AvgIpc) is 2.69. The Bertz CT molecular complexity index is 900. The van der Waals surface area contributed by atoms with Gasteiger partial charge in [0.15, 0.2) is 5.96 Å². The van der Waals surface area contributed by atoms with Gasteiger partial charge in [-0.05, 0) is 36.2 Å². The van der Waals surface area contributed by atoms with Crippen LogP contribution in [-0.2, 0) is 10.2 Å². The van der Waals surface area contributed by atoms with Crippen LogP contribution in [0.4, 0.5) is 10.1 Å². The first-order chi connectivity index (χ1) is 13.9. The number of hydrogen-bond donors (Lipinski definition) is 3. The van der Waals surface area contributed by atoms with E-state index in [0.29, 0.717) is 25.5 Å². The fourth-order valence-corrected chi connectivity index (χ4v) is 3.52. The molecule has 3 N–H and O–H groups in total. The van der Waals surface area contributed by atoms with Crippen LogP contribution in [0.2, 0.25) is 0 Å². The summed E-state index contributed by atoms with van der Waals surface area (Å²) in [4.78, 5) is 16.8. The number of nitrogens with one attached hydrogen (secondary N) is 3. The van der Waals surface area contributed by atoms with E-state index in [-0.39, 0.29) is 47.0 Å². The van der Waals surface area contributed by atoms with Crippen molar-refractivity contribution in [3.05, 3.63) is 65.5 Å². The minimum Gasteiger partial charge on any atom is -0.357 e. The molecule has 0 radical (unpaired) electrons. The molecule has 5 nitrogen and oxygen atoms in total. The molecule has 1 aliphatic rings. The Hall–Kier alpha value is -2.16. The van der Waals surface area contributed by atoms with Crippen molar-refractivity contribution in [2.45, 2.75) is 38.5 Å². The van der Waals surface area contributed by atoms with Crippen LogP contribution in [-0.4, -0.2) is 31.5 Å². The fraction of sp³-hybridized carbons (Fsp3) is 0.391. The van der Waals surface area contributed by atoms with Gasteiger partial charge in [-0.3, -0.25) is 9.79 Å². The van der Waals surface area contributed by atoms with Crippen molar-refractivity contribution in [3.63, 3.8) is 0 Å². The molecule has 0 aliphatic carbocycles. The summed E-state index contributed by atoms with van der Waals surface area (Å²) in [5, 5.41) is 9.56. The molecule has 1 amide bonds. The minimum atomic E-state index is -0.304. The number of rotatable bonds is 6. The number of amides is 1. The molecule has 2 aromatic rings. The zero-order chi connectivity index (χ0) is 20.9. The van der Waals surface area contributed by atoms with Gasteiger partial charge in [-0.25, -0.2) is 4.39 Å². The summed E-state index contributed by atoms with van der Waals surface area (Å²) in [6, 6.07) is 14.6. The van der Waals surface area contributed by atoms with Crippen LogP contribution < -0.4 is 16.0 Å². The van der Waals surface area contributed by atoms with E-state index in [4.69, 9.17) is 4.99 Å². The topological polar surface area (TPSA) is 65.5 Å². The number of guanidine groups is 1. The molecule has 1 aliphatic heterocycles. The third kappa shape index (κ3) is 6.17. The van der Waals surface area contributed by atoms with Crippen molar-refractivity contribution in [1.29, 1.82) is 0 Å². The van der Waals surface area contributed by atoms with Crippen molar-refractivity contribution in [1.82, 2.24) is 10.6 Å². The van der Waals surface area contributed by atoms with Crippen LogP contribution in [0.1, 0.15) is 44.2 Å². The highest BCUT2D eigenvalue weighted by Crippen LogP contribution is 2.31. The zero-order valence-corrected chi connectivity index (χ0v) is 20.0. The number of halogens is 2. The Morgan fingerprint density at radius 3 is 2.70 bits per heavy atom. The van der Waals surface area contributed by atoms with Gasteiger partial charge < -0.3 is 16.0 Å². The lowest BCUT2D eigenvalue weighted by Crippen LogP contribution is -2.41. The number of hydrogen-bond acceptors (Lipinski definition) is 2. The normalized spacial score (nSPS) is 16.2. The second-order valence-electron chi connectivity index (χ2n) is 8.01. The van der Waals surface area contributed by atoms with Crippen LogP contribution in [0.15, 0.2) is 53.5 Å². The summed E-state index contributed by atoms with van der Waals surface area (Å²) in [7, 11) is 0. The molecule has 3 rings (SSSR count). The molecule has 2 aromatic carbocycles. The minimum absolute atomic E-state index is 0. The van der Waals surface area contributed by atoms with Crippen LogP contribution >= 0.6 is 24.0 Å². The predicted molar refractivity (Wildman–Crippen MR) is 131 cm³/mol. The molecule has 0 saturated heterocycles. The molecular weight excluding hydrogens is 494 g/mol. The largest absolute Gasteiger partial charge is 0.357 e. The van der Waals surface area contributed by atoms with E-state index in [1.807, 2.05) is 31.2 Å². The molecule has 0 aromatic heterocycles. The van der Waals surface area contributed by atoms with Gasteiger partial charge in [-0.2, -0.15) is 0 Å². The Balaban J connectivity index is 0.00000320. The van der Waals surface area contributed by atoms with E-state index >= 15 is 0 Å². The maximum atomic E-state index is 13.6. The summed E-state index contributed by atoms with van der Waals surface area (Å²) in [6.45, 7) is 7.96. The summed E-state index contributed by atoms with van der Waals surface area (Å²) in [5.41, 5.74) is 2.62. The average molecular weight is 524 g/mol. The van der Waals surface area contributed by atoms with E-state index in [0.717, 1.165) is 23.4 Å². The molecule has 0 saturated carbocycles. The Morgan fingerprint density at radius 1 is 1.20 bits per heavy atom. The Kier molecular flexibility index (Phi) is 8.64. The van der Waals surface area contributed by atoms with Crippen molar-refractivity contribution in [2.24, 2.45) is 4.99 Å². The standard InChI is InChI=1S/C23H29FN4O.HI/c1-4-25-22(27-15-23(2,3)17-8-7-9-18(24)13-17)26-14-16-12-21(29)28-20-11-6-5-10-19(16)20;/h5-11,13,16H,4,12,14-15H2,1-3H3,(H,28,29)(H2,25,26,27);1H. The Morgan fingerprint density at radius 2 is 1.97 bits per heavy atom. The quantitative estimate of drug-likeness (QED) is 0.298. The first kappa shape index (κ1) is 24.1. The van der Waals surface area contributed by atoms with Crippen molar-refractivity contribution >= 4 is 41.5 Å². The first-order valence-electron chi connectivity index (χ1n) is 10.1. The molecule has 1 atom stereocenters. The number of anilines is 1. The van der Waals surface area contributed by atoms with E-state index < -0.39 is 0 Å². The summed E-state index contributed by atoms with van der Waals surface area (Å²) < 4.78 is 13.6. The van der Waals surface area contributed by atoms with Gasteiger partial charge in [0.25, 0.3) is 0 Å². The van der Waals surface area contributed by atoms with Crippen molar-refractivity contribution in [3.8, 4) is 0 Å².